The molecule has 5 heteroatoms. The van der Waals surface area contributed by atoms with E-state index in [0.717, 1.165) is 0 Å². The number of hydrogen-bond acceptors (Lipinski definition) is 3. The highest BCUT2D eigenvalue weighted by Gasteiger charge is 2.21. The maximum absolute atomic E-state index is 13.4. The lowest BCUT2D eigenvalue weighted by molar-refractivity contribution is 0.191. The van der Waals surface area contributed by atoms with Crippen LogP contribution in [0.2, 0.25) is 0 Å². The molecule has 0 heterocycles. The maximum Gasteiger partial charge on any atom is 0.167 e. The van der Waals surface area contributed by atoms with Crippen LogP contribution in [0.25, 0.3) is 0 Å². The predicted octanol–water partition coefficient (Wildman–Crippen LogP) is 2.66. The lowest BCUT2D eigenvalue weighted by atomic mass is 10.1. The zero-order valence-electron chi connectivity index (χ0n) is 8.67. The molecule has 0 aromatic heterocycles. The van der Waals surface area contributed by atoms with Gasteiger partial charge in [-0.2, -0.15) is 0 Å². The molecule has 0 aliphatic heterocycles. The van der Waals surface area contributed by atoms with Crippen molar-refractivity contribution in [3.05, 3.63) is 21.9 Å². The normalized spacial score (nSPS) is 12.4. The van der Waals surface area contributed by atoms with Gasteiger partial charge in [0.15, 0.2) is 11.5 Å². The quantitative estimate of drug-likeness (QED) is 0.924. The number of methoxy groups -OCH3 is 2. The number of aliphatic hydroxyl groups excluding tert-OH is 1. The topological polar surface area (TPSA) is 38.7 Å². The molecule has 0 aliphatic rings. The van der Waals surface area contributed by atoms with Crippen LogP contribution >= 0.6 is 15.9 Å². The van der Waals surface area contributed by atoms with Gasteiger partial charge in [-0.25, -0.2) is 4.39 Å². The van der Waals surface area contributed by atoms with Gasteiger partial charge in [0.2, 0.25) is 0 Å². The van der Waals surface area contributed by atoms with Crippen LogP contribution in [0, 0.1) is 5.82 Å². The largest absolute Gasteiger partial charge is 0.493 e. The van der Waals surface area contributed by atoms with Gasteiger partial charge in [-0.05, 0) is 22.9 Å². The van der Waals surface area contributed by atoms with E-state index in [1.54, 1.807) is 0 Å². The number of rotatable bonds is 3. The van der Waals surface area contributed by atoms with Crippen LogP contribution in [-0.2, 0) is 0 Å². The van der Waals surface area contributed by atoms with E-state index >= 15 is 0 Å². The summed E-state index contributed by atoms with van der Waals surface area (Å²) < 4.78 is 23.6. The Bertz CT molecular complexity index is 366. The minimum absolute atomic E-state index is 0.190. The van der Waals surface area contributed by atoms with Gasteiger partial charge in [-0.1, -0.05) is 0 Å². The SMILES string of the molecule is COc1cc(F)c(Br)c(C(C)O)c1OC. The molecule has 1 N–H and O–H groups in total. The van der Waals surface area contributed by atoms with Gasteiger partial charge < -0.3 is 14.6 Å². The Morgan fingerprint density at radius 1 is 1.40 bits per heavy atom. The maximum atomic E-state index is 13.4. The summed E-state index contributed by atoms with van der Waals surface area (Å²) in [6, 6.07) is 1.20. The fourth-order valence-electron chi connectivity index (χ4n) is 1.34. The summed E-state index contributed by atoms with van der Waals surface area (Å²) in [6.07, 6.45) is -0.848. The summed E-state index contributed by atoms with van der Waals surface area (Å²) in [5.41, 5.74) is 0.342. The molecule has 1 aromatic rings. The highest BCUT2D eigenvalue weighted by atomic mass is 79.9. The molecule has 0 fully saturated rings. The second-order valence-corrected chi connectivity index (χ2v) is 3.79. The minimum atomic E-state index is -0.848. The fourth-order valence-corrected chi connectivity index (χ4v) is 1.97. The van der Waals surface area contributed by atoms with E-state index < -0.39 is 11.9 Å². The molecule has 1 aromatic carbocycles. The van der Waals surface area contributed by atoms with Gasteiger partial charge in [-0.3, -0.25) is 0 Å². The number of hydrogen-bond donors (Lipinski definition) is 1. The second-order valence-electron chi connectivity index (χ2n) is 3.00. The van der Waals surface area contributed by atoms with Crippen LogP contribution in [0.4, 0.5) is 4.39 Å². The molecule has 0 aliphatic carbocycles. The Morgan fingerprint density at radius 2 is 2.00 bits per heavy atom. The first-order valence-electron chi connectivity index (χ1n) is 4.30. The van der Waals surface area contributed by atoms with Crippen LogP contribution in [0.3, 0.4) is 0 Å². The number of halogens is 2. The molecule has 0 saturated heterocycles. The first-order chi connectivity index (χ1) is 7.02. The minimum Gasteiger partial charge on any atom is -0.493 e. The van der Waals surface area contributed by atoms with E-state index in [-0.39, 0.29) is 10.2 Å². The molecule has 0 amide bonds. The van der Waals surface area contributed by atoms with Crippen molar-refractivity contribution >= 4 is 15.9 Å². The zero-order chi connectivity index (χ0) is 11.6. The van der Waals surface area contributed by atoms with E-state index in [2.05, 4.69) is 15.9 Å². The summed E-state index contributed by atoms with van der Waals surface area (Å²) in [4.78, 5) is 0. The Balaban J connectivity index is 3.49. The van der Waals surface area contributed by atoms with E-state index in [4.69, 9.17) is 9.47 Å². The molecule has 15 heavy (non-hydrogen) atoms. The van der Waals surface area contributed by atoms with Crippen molar-refractivity contribution < 1.29 is 19.0 Å². The molecule has 84 valence electrons. The third-order valence-electron chi connectivity index (χ3n) is 2.01. The Kier molecular flexibility index (Phi) is 3.93. The lowest BCUT2D eigenvalue weighted by Gasteiger charge is -2.16. The van der Waals surface area contributed by atoms with Crippen molar-refractivity contribution in [2.45, 2.75) is 13.0 Å². The molecular weight excluding hydrogens is 267 g/mol. The Labute approximate surface area is 95.9 Å². The van der Waals surface area contributed by atoms with Crippen LogP contribution in [0.15, 0.2) is 10.5 Å². The van der Waals surface area contributed by atoms with Crippen LogP contribution < -0.4 is 9.47 Å². The average Bonchev–Trinajstić information content (AvgIpc) is 2.20. The van der Waals surface area contributed by atoms with E-state index in [9.17, 15) is 9.50 Å². The summed E-state index contributed by atoms with van der Waals surface area (Å²) >= 11 is 3.07. The van der Waals surface area contributed by atoms with E-state index in [0.29, 0.717) is 11.3 Å². The van der Waals surface area contributed by atoms with Gasteiger partial charge >= 0.3 is 0 Å². The lowest BCUT2D eigenvalue weighted by Crippen LogP contribution is -2.02. The monoisotopic (exact) mass is 278 g/mol. The van der Waals surface area contributed by atoms with Crippen molar-refractivity contribution in [1.29, 1.82) is 0 Å². The molecule has 0 spiro atoms. The number of benzene rings is 1. The van der Waals surface area contributed by atoms with Crippen LogP contribution in [-0.4, -0.2) is 19.3 Å². The smallest absolute Gasteiger partial charge is 0.167 e. The first-order valence-corrected chi connectivity index (χ1v) is 5.10. The van der Waals surface area contributed by atoms with Gasteiger partial charge in [0.25, 0.3) is 0 Å². The van der Waals surface area contributed by atoms with Gasteiger partial charge in [0.05, 0.1) is 24.8 Å². The van der Waals surface area contributed by atoms with Crippen molar-refractivity contribution in [1.82, 2.24) is 0 Å². The van der Waals surface area contributed by atoms with Crippen LogP contribution in [0.5, 0.6) is 11.5 Å². The summed E-state index contributed by atoms with van der Waals surface area (Å²) in [5, 5.41) is 9.53. The van der Waals surface area contributed by atoms with Crippen LogP contribution in [0.1, 0.15) is 18.6 Å². The molecule has 1 rings (SSSR count). The highest BCUT2D eigenvalue weighted by molar-refractivity contribution is 9.10. The van der Waals surface area contributed by atoms with Crippen molar-refractivity contribution in [2.75, 3.05) is 14.2 Å². The van der Waals surface area contributed by atoms with Gasteiger partial charge in [0, 0.05) is 11.6 Å². The third kappa shape index (κ3) is 2.23. The number of ether oxygens (including phenoxy) is 2. The summed E-state index contributed by atoms with van der Waals surface area (Å²) in [5.74, 6) is 0.0958. The third-order valence-corrected chi connectivity index (χ3v) is 2.82. The second kappa shape index (κ2) is 4.81. The summed E-state index contributed by atoms with van der Waals surface area (Å²) in [7, 11) is 2.85. The first kappa shape index (κ1) is 12.3. The van der Waals surface area contributed by atoms with Crippen molar-refractivity contribution in [2.24, 2.45) is 0 Å². The standard InChI is InChI=1S/C10H12BrFO3/c1-5(13)8-9(11)6(12)4-7(14-2)10(8)15-3/h4-5,13H,1-3H3. The highest BCUT2D eigenvalue weighted by Crippen LogP contribution is 2.41. The van der Waals surface area contributed by atoms with E-state index in [1.165, 1.54) is 27.2 Å². The Morgan fingerprint density at radius 3 is 2.40 bits per heavy atom. The van der Waals surface area contributed by atoms with Crippen molar-refractivity contribution in [3.8, 4) is 11.5 Å². The molecule has 1 unspecified atom stereocenters. The number of aliphatic hydroxyl groups is 1. The average molecular weight is 279 g/mol. The molecule has 0 radical (unpaired) electrons. The van der Waals surface area contributed by atoms with Gasteiger partial charge in [0.1, 0.15) is 5.82 Å². The van der Waals surface area contributed by atoms with E-state index in [1.807, 2.05) is 0 Å². The van der Waals surface area contributed by atoms with Crippen molar-refractivity contribution in [3.63, 3.8) is 0 Å². The summed E-state index contributed by atoms with van der Waals surface area (Å²) in [6.45, 7) is 1.53. The molecule has 0 bridgehead atoms. The molecule has 0 saturated carbocycles. The van der Waals surface area contributed by atoms with Gasteiger partial charge in [-0.15, -0.1) is 0 Å². The molecular formula is C10H12BrFO3. The Hall–Kier alpha value is -0.810. The fraction of sp³-hybridized carbons (Fsp3) is 0.400. The molecule has 3 nitrogen and oxygen atoms in total. The predicted molar refractivity (Wildman–Crippen MR) is 57.8 cm³/mol. The molecule has 1 atom stereocenters. The zero-order valence-corrected chi connectivity index (χ0v) is 10.3.